The van der Waals surface area contributed by atoms with Crippen LogP contribution in [0.25, 0.3) is 22.0 Å². The average Bonchev–Trinajstić information content (AvgIpc) is 3.56. The van der Waals surface area contributed by atoms with Crippen LogP contribution in [0.4, 0.5) is 5.69 Å². The van der Waals surface area contributed by atoms with Crippen molar-refractivity contribution in [3.05, 3.63) is 63.5 Å². The number of likely N-dealkylation sites (tertiary alicyclic amines) is 1. The highest BCUT2D eigenvalue weighted by Gasteiger charge is 2.24. The van der Waals surface area contributed by atoms with Crippen LogP contribution < -0.4 is 10.3 Å². The van der Waals surface area contributed by atoms with E-state index in [1.807, 2.05) is 17.9 Å². The lowest BCUT2D eigenvalue weighted by Gasteiger charge is -2.20. The predicted octanol–water partition coefficient (Wildman–Crippen LogP) is 3.90. The van der Waals surface area contributed by atoms with Gasteiger partial charge in [0.25, 0.3) is 15.6 Å². The Kier molecular flexibility index (Phi) is 7.25. The Morgan fingerprint density at radius 2 is 1.82 bits per heavy atom. The first-order chi connectivity index (χ1) is 18.5. The normalized spacial score (nSPS) is 14.6. The molecule has 1 aliphatic rings. The van der Waals surface area contributed by atoms with E-state index >= 15 is 0 Å². The molecule has 3 aromatic heterocycles. The van der Waals surface area contributed by atoms with Crippen LogP contribution in [0, 0.1) is 26.7 Å². The second-order valence-corrected chi connectivity index (χ2v) is 13.0. The Hall–Kier alpha value is -3.64. The minimum absolute atomic E-state index is 0.0534. The summed E-state index contributed by atoms with van der Waals surface area (Å²) in [6.07, 6.45) is 5.16. The molecule has 1 saturated heterocycles. The molecule has 10 nitrogen and oxygen atoms in total. The molecule has 0 bridgehead atoms. The molecule has 4 aromatic rings. The molecule has 0 unspecified atom stereocenters. The summed E-state index contributed by atoms with van der Waals surface area (Å²) in [5.41, 5.74) is 2.94. The van der Waals surface area contributed by atoms with E-state index in [-0.39, 0.29) is 28.1 Å². The Bertz CT molecular complexity index is 1740. The number of carbonyl (C=O) groups excluding carboxylic acids is 1. The molecule has 1 atom stereocenters. The maximum atomic E-state index is 13.4. The zero-order valence-corrected chi connectivity index (χ0v) is 23.9. The van der Waals surface area contributed by atoms with Crippen molar-refractivity contribution in [3.63, 3.8) is 0 Å². The average molecular weight is 567 g/mol. The smallest absolute Gasteiger partial charge is 0.273 e. The van der Waals surface area contributed by atoms with Crippen LogP contribution in [0.5, 0.6) is 0 Å². The molecule has 5 rings (SSSR count). The van der Waals surface area contributed by atoms with Crippen LogP contribution in [-0.2, 0) is 21.4 Å². The first-order valence-electron chi connectivity index (χ1n) is 12.8. The van der Waals surface area contributed by atoms with E-state index < -0.39 is 10.0 Å². The van der Waals surface area contributed by atoms with Gasteiger partial charge < -0.3 is 4.90 Å². The molecule has 204 valence electrons. The Morgan fingerprint density at radius 1 is 1.08 bits per heavy atom. The zero-order valence-electron chi connectivity index (χ0n) is 22.3. The number of hydrogen-bond acceptors (Lipinski definition) is 8. The van der Waals surface area contributed by atoms with Gasteiger partial charge in [-0.2, -0.15) is 0 Å². The number of sulfonamides is 1. The van der Waals surface area contributed by atoms with Gasteiger partial charge in [-0.1, -0.05) is 13.0 Å². The lowest BCUT2D eigenvalue weighted by atomic mass is 10.0. The summed E-state index contributed by atoms with van der Waals surface area (Å²) in [5, 5.41) is 1.08. The topological polar surface area (TPSA) is 127 Å². The van der Waals surface area contributed by atoms with Crippen LogP contribution in [0.15, 0.2) is 45.8 Å². The Labute approximate surface area is 230 Å². The number of hydrogen-bond donors (Lipinski definition) is 1. The SMILES string of the molecule is Cc1nc(C)c(S(=O)(=O)Nc2cc(-c3ccc4ncn(C[C@H](C)C(=O)N5CCCC5)c(=O)c4c3)cnc2C)s1. The molecular formula is C27H30N6O4S2. The molecule has 0 aliphatic carbocycles. The van der Waals surface area contributed by atoms with E-state index in [2.05, 4.69) is 19.7 Å². The number of nitrogens with one attached hydrogen (secondary N) is 1. The maximum Gasteiger partial charge on any atom is 0.273 e. The number of thiazole rings is 1. The Morgan fingerprint density at radius 3 is 2.51 bits per heavy atom. The van der Waals surface area contributed by atoms with Gasteiger partial charge in [0.1, 0.15) is 0 Å². The van der Waals surface area contributed by atoms with Crippen LogP contribution in [-0.4, -0.2) is 51.8 Å². The second-order valence-electron chi connectivity index (χ2n) is 9.94. The van der Waals surface area contributed by atoms with Gasteiger partial charge >= 0.3 is 0 Å². The minimum Gasteiger partial charge on any atom is -0.342 e. The summed E-state index contributed by atoms with van der Waals surface area (Å²) in [6, 6.07) is 7.01. The molecule has 1 aliphatic heterocycles. The van der Waals surface area contributed by atoms with Crippen LogP contribution >= 0.6 is 11.3 Å². The fraction of sp³-hybridized carbons (Fsp3) is 0.370. The van der Waals surface area contributed by atoms with Crippen molar-refractivity contribution >= 4 is 43.9 Å². The highest BCUT2D eigenvalue weighted by Crippen LogP contribution is 2.29. The molecular weight excluding hydrogens is 536 g/mol. The van der Waals surface area contributed by atoms with E-state index in [1.165, 1.54) is 10.9 Å². The molecule has 1 amide bonds. The summed E-state index contributed by atoms with van der Waals surface area (Å²) in [7, 11) is -3.84. The van der Waals surface area contributed by atoms with Gasteiger partial charge in [0.2, 0.25) is 5.91 Å². The van der Waals surface area contributed by atoms with E-state index in [4.69, 9.17) is 0 Å². The lowest BCUT2D eigenvalue weighted by molar-refractivity contribution is -0.134. The van der Waals surface area contributed by atoms with Gasteiger partial charge in [-0.3, -0.25) is 23.9 Å². The predicted molar refractivity (Wildman–Crippen MR) is 151 cm³/mol. The van der Waals surface area contributed by atoms with E-state index in [1.54, 1.807) is 45.2 Å². The third-order valence-electron chi connectivity index (χ3n) is 6.90. The third-order valence-corrected chi connectivity index (χ3v) is 9.95. The molecule has 39 heavy (non-hydrogen) atoms. The van der Waals surface area contributed by atoms with Crippen molar-refractivity contribution in [2.75, 3.05) is 17.8 Å². The molecule has 1 N–H and O–H groups in total. The van der Waals surface area contributed by atoms with Crippen molar-refractivity contribution in [1.82, 2.24) is 24.4 Å². The summed E-state index contributed by atoms with van der Waals surface area (Å²) < 4.78 is 30.4. The number of rotatable bonds is 7. The number of amides is 1. The van der Waals surface area contributed by atoms with Crippen molar-refractivity contribution in [1.29, 1.82) is 0 Å². The van der Waals surface area contributed by atoms with Crippen LogP contribution in [0.1, 0.15) is 36.2 Å². The zero-order chi connectivity index (χ0) is 27.9. The van der Waals surface area contributed by atoms with Gasteiger partial charge in [0.05, 0.1) is 45.2 Å². The summed E-state index contributed by atoms with van der Waals surface area (Å²) in [5.74, 6) is -0.288. The highest BCUT2D eigenvalue weighted by molar-refractivity contribution is 7.94. The molecule has 12 heteroatoms. The summed E-state index contributed by atoms with van der Waals surface area (Å²) in [4.78, 5) is 41.1. The molecule has 0 radical (unpaired) electrons. The Balaban J connectivity index is 1.45. The van der Waals surface area contributed by atoms with Gasteiger partial charge in [-0.05, 0) is 57.4 Å². The van der Waals surface area contributed by atoms with Gasteiger partial charge in [-0.25, -0.2) is 18.4 Å². The quantitative estimate of drug-likeness (QED) is 0.359. The van der Waals surface area contributed by atoms with Crippen LogP contribution in [0.3, 0.4) is 0 Å². The van der Waals surface area contributed by atoms with Gasteiger partial charge in [0, 0.05) is 31.4 Å². The second kappa shape index (κ2) is 10.5. The van der Waals surface area contributed by atoms with Gasteiger partial charge in [-0.15, -0.1) is 11.3 Å². The molecule has 0 saturated carbocycles. The summed E-state index contributed by atoms with van der Waals surface area (Å²) in [6.45, 7) is 8.77. The fourth-order valence-electron chi connectivity index (χ4n) is 4.84. The van der Waals surface area contributed by atoms with E-state index in [9.17, 15) is 18.0 Å². The highest BCUT2D eigenvalue weighted by atomic mass is 32.2. The standard InChI is InChI=1S/C27H30N6O4S2/c1-16(25(34)32-9-5-6-10-32)14-33-15-29-23-8-7-20(11-22(23)26(33)35)21-12-24(17(2)28-13-21)31-39(36,37)27-18(3)30-19(4)38-27/h7-8,11-13,15-16,31H,5-6,9-10,14H2,1-4H3/t16-/m0/s1. The van der Waals surface area contributed by atoms with Crippen molar-refractivity contribution in [2.24, 2.45) is 5.92 Å². The number of benzene rings is 1. The van der Waals surface area contributed by atoms with E-state index in [0.29, 0.717) is 44.1 Å². The molecule has 4 heterocycles. The lowest BCUT2D eigenvalue weighted by Crippen LogP contribution is -2.36. The fourth-order valence-corrected chi connectivity index (χ4v) is 7.43. The number of anilines is 1. The van der Waals surface area contributed by atoms with E-state index in [0.717, 1.165) is 37.3 Å². The van der Waals surface area contributed by atoms with Crippen LogP contribution in [0.2, 0.25) is 0 Å². The van der Waals surface area contributed by atoms with Crippen molar-refractivity contribution < 1.29 is 13.2 Å². The summed E-state index contributed by atoms with van der Waals surface area (Å²) >= 11 is 1.11. The first-order valence-corrected chi connectivity index (χ1v) is 15.1. The minimum atomic E-state index is -3.84. The number of carbonyl (C=O) groups is 1. The monoisotopic (exact) mass is 566 g/mol. The number of nitrogens with zero attached hydrogens (tertiary/aromatic N) is 5. The third kappa shape index (κ3) is 5.44. The number of fused-ring (bicyclic) bond motifs is 1. The van der Waals surface area contributed by atoms with Crippen molar-refractivity contribution in [2.45, 2.75) is 51.3 Å². The number of aryl methyl sites for hydroxylation is 3. The van der Waals surface area contributed by atoms with Gasteiger partial charge in [0.15, 0.2) is 4.21 Å². The van der Waals surface area contributed by atoms with Crippen molar-refractivity contribution in [3.8, 4) is 11.1 Å². The number of pyridine rings is 1. The number of aromatic nitrogens is 4. The maximum absolute atomic E-state index is 13.4. The molecule has 1 aromatic carbocycles. The molecule has 0 spiro atoms. The molecule has 1 fully saturated rings. The first kappa shape index (κ1) is 26.9. The largest absolute Gasteiger partial charge is 0.342 e.